The number of guanidine groups is 1. The van der Waals surface area contributed by atoms with Crippen molar-refractivity contribution in [2.24, 2.45) is 4.99 Å². The summed E-state index contributed by atoms with van der Waals surface area (Å²) in [6, 6.07) is 14.7. The average Bonchev–Trinajstić information content (AvgIpc) is 3.25. The Morgan fingerprint density at radius 1 is 1.17 bits per heavy atom. The van der Waals surface area contributed by atoms with Gasteiger partial charge in [0.15, 0.2) is 5.96 Å². The number of benzene rings is 1. The molecule has 0 unspecified atom stereocenters. The first-order valence-electron chi connectivity index (χ1n) is 10.1. The van der Waals surface area contributed by atoms with E-state index < -0.39 is 0 Å². The molecule has 0 spiro atoms. The summed E-state index contributed by atoms with van der Waals surface area (Å²) >= 11 is 0. The molecule has 2 aromatic rings. The molecule has 0 atom stereocenters. The molecular weight excluding hydrogens is 366 g/mol. The van der Waals surface area contributed by atoms with E-state index in [1.54, 1.807) is 25.3 Å². The van der Waals surface area contributed by atoms with Crippen LogP contribution in [0.25, 0.3) is 0 Å². The Morgan fingerprint density at radius 2 is 1.93 bits per heavy atom. The molecule has 2 heterocycles. The van der Waals surface area contributed by atoms with E-state index in [0.29, 0.717) is 18.5 Å². The SMILES string of the molecule is CN(C)C(=O)CN=C(NCc1ccco1)NC1CCN(Cc2ccccc2)CC1. The molecule has 0 saturated carbocycles. The molecule has 1 aliphatic rings. The third-order valence-corrected chi connectivity index (χ3v) is 5.06. The highest BCUT2D eigenvalue weighted by Crippen LogP contribution is 2.14. The number of likely N-dealkylation sites (N-methyl/N-ethyl adjacent to an activating group) is 1. The normalized spacial score (nSPS) is 15.9. The van der Waals surface area contributed by atoms with E-state index in [1.807, 2.05) is 12.1 Å². The lowest BCUT2D eigenvalue weighted by molar-refractivity contribution is -0.127. The number of furan rings is 1. The second kappa shape index (κ2) is 10.7. The van der Waals surface area contributed by atoms with Crippen molar-refractivity contribution < 1.29 is 9.21 Å². The van der Waals surface area contributed by atoms with Crippen LogP contribution in [0.3, 0.4) is 0 Å². The van der Waals surface area contributed by atoms with Crippen molar-refractivity contribution >= 4 is 11.9 Å². The smallest absolute Gasteiger partial charge is 0.243 e. The maximum Gasteiger partial charge on any atom is 0.243 e. The van der Waals surface area contributed by atoms with Crippen LogP contribution in [0.5, 0.6) is 0 Å². The van der Waals surface area contributed by atoms with Gasteiger partial charge in [-0.05, 0) is 30.5 Å². The molecule has 0 bridgehead atoms. The molecule has 7 heteroatoms. The van der Waals surface area contributed by atoms with E-state index in [0.717, 1.165) is 38.2 Å². The maximum atomic E-state index is 11.9. The number of carbonyl (C=O) groups is 1. The van der Waals surface area contributed by atoms with Gasteiger partial charge in [-0.1, -0.05) is 30.3 Å². The quantitative estimate of drug-likeness (QED) is 0.553. The van der Waals surface area contributed by atoms with Crippen LogP contribution in [0.4, 0.5) is 0 Å². The molecule has 1 amide bonds. The third-order valence-electron chi connectivity index (χ3n) is 5.06. The standard InChI is InChI=1S/C22H31N5O2/c1-26(2)21(28)16-24-22(23-15-20-9-6-14-29-20)25-19-10-12-27(13-11-19)17-18-7-4-3-5-8-18/h3-9,14,19H,10-13,15-17H2,1-2H3,(H2,23,24,25). The highest BCUT2D eigenvalue weighted by molar-refractivity contribution is 5.84. The van der Waals surface area contributed by atoms with Gasteiger partial charge in [0.2, 0.25) is 5.91 Å². The Balaban J connectivity index is 1.51. The third kappa shape index (κ3) is 6.94. The number of piperidine rings is 1. The van der Waals surface area contributed by atoms with Gasteiger partial charge in [0, 0.05) is 39.8 Å². The Morgan fingerprint density at radius 3 is 2.59 bits per heavy atom. The number of likely N-dealkylation sites (tertiary alicyclic amines) is 1. The van der Waals surface area contributed by atoms with E-state index in [1.165, 1.54) is 5.56 Å². The van der Waals surface area contributed by atoms with Crippen molar-refractivity contribution in [2.45, 2.75) is 32.0 Å². The van der Waals surface area contributed by atoms with Gasteiger partial charge in [0.25, 0.3) is 0 Å². The van der Waals surface area contributed by atoms with Crippen LogP contribution >= 0.6 is 0 Å². The minimum absolute atomic E-state index is 0.0261. The number of hydrogen-bond donors (Lipinski definition) is 2. The summed E-state index contributed by atoms with van der Waals surface area (Å²) < 4.78 is 5.38. The monoisotopic (exact) mass is 397 g/mol. The summed E-state index contributed by atoms with van der Waals surface area (Å²) in [6.45, 7) is 3.71. The van der Waals surface area contributed by atoms with E-state index in [-0.39, 0.29) is 12.5 Å². The van der Waals surface area contributed by atoms with Gasteiger partial charge in [-0.3, -0.25) is 9.69 Å². The molecule has 0 radical (unpaired) electrons. The highest BCUT2D eigenvalue weighted by Gasteiger charge is 2.20. The van der Waals surface area contributed by atoms with Crippen LogP contribution in [0.2, 0.25) is 0 Å². The molecule has 1 fully saturated rings. The zero-order chi connectivity index (χ0) is 20.5. The van der Waals surface area contributed by atoms with Gasteiger partial charge >= 0.3 is 0 Å². The summed E-state index contributed by atoms with van der Waals surface area (Å²) in [6.07, 6.45) is 3.73. The van der Waals surface area contributed by atoms with Crippen LogP contribution in [0.1, 0.15) is 24.2 Å². The molecular formula is C22H31N5O2. The number of rotatable bonds is 7. The predicted octanol–water partition coefficient (Wildman–Crippen LogP) is 2.07. The molecule has 29 heavy (non-hydrogen) atoms. The number of carbonyl (C=O) groups excluding carboxylic acids is 1. The van der Waals surface area contributed by atoms with Crippen molar-refractivity contribution in [2.75, 3.05) is 33.7 Å². The fraction of sp³-hybridized carbons (Fsp3) is 0.455. The molecule has 1 aromatic carbocycles. The second-order valence-electron chi connectivity index (χ2n) is 7.57. The van der Waals surface area contributed by atoms with Gasteiger partial charge < -0.3 is 20.0 Å². The summed E-state index contributed by atoms with van der Waals surface area (Å²) in [5.41, 5.74) is 1.35. The van der Waals surface area contributed by atoms with Crippen LogP contribution in [0.15, 0.2) is 58.1 Å². The number of nitrogens with one attached hydrogen (secondary N) is 2. The van der Waals surface area contributed by atoms with E-state index in [2.05, 4.69) is 50.9 Å². The predicted molar refractivity (Wildman–Crippen MR) is 114 cm³/mol. The summed E-state index contributed by atoms with van der Waals surface area (Å²) in [5, 5.41) is 6.77. The lowest BCUT2D eigenvalue weighted by Crippen LogP contribution is -2.48. The van der Waals surface area contributed by atoms with Crippen LogP contribution in [-0.2, 0) is 17.9 Å². The minimum atomic E-state index is -0.0261. The van der Waals surface area contributed by atoms with Crippen molar-refractivity contribution in [1.82, 2.24) is 20.4 Å². The molecule has 2 N–H and O–H groups in total. The fourth-order valence-corrected chi connectivity index (χ4v) is 3.30. The first-order valence-corrected chi connectivity index (χ1v) is 10.1. The average molecular weight is 398 g/mol. The molecule has 0 aliphatic carbocycles. The molecule has 1 aromatic heterocycles. The zero-order valence-corrected chi connectivity index (χ0v) is 17.3. The maximum absolute atomic E-state index is 11.9. The topological polar surface area (TPSA) is 73.1 Å². The van der Waals surface area contributed by atoms with Gasteiger partial charge in [-0.2, -0.15) is 0 Å². The van der Waals surface area contributed by atoms with Crippen LogP contribution < -0.4 is 10.6 Å². The number of nitrogens with zero attached hydrogens (tertiary/aromatic N) is 3. The van der Waals surface area contributed by atoms with Crippen LogP contribution in [0, 0.1) is 0 Å². The van der Waals surface area contributed by atoms with Crippen molar-refractivity contribution in [3.05, 3.63) is 60.1 Å². The van der Waals surface area contributed by atoms with Crippen molar-refractivity contribution in [1.29, 1.82) is 0 Å². The van der Waals surface area contributed by atoms with Crippen LogP contribution in [-0.4, -0.2) is 61.4 Å². The van der Waals surface area contributed by atoms with E-state index >= 15 is 0 Å². The first-order chi connectivity index (χ1) is 14.1. The highest BCUT2D eigenvalue weighted by atomic mass is 16.3. The lowest BCUT2D eigenvalue weighted by Gasteiger charge is -2.33. The molecule has 156 valence electrons. The first kappa shape index (κ1) is 20.9. The number of hydrogen-bond acceptors (Lipinski definition) is 4. The van der Waals surface area contributed by atoms with E-state index in [9.17, 15) is 4.79 Å². The Hall–Kier alpha value is -2.80. The van der Waals surface area contributed by atoms with Gasteiger partial charge in [-0.25, -0.2) is 4.99 Å². The molecule has 1 aliphatic heterocycles. The second-order valence-corrected chi connectivity index (χ2v) is 7.57. The Bertz CT molecular complexity index is 766. The minimum Gasteiger partial charge on any atom is -0.467 e. The summed E-state index contributed by atoms with van der Waals surface area (Å²) in [4.78, 5) is 20.4. The van der Waals surface area contributed by atoms with Crippen molar-refractivity contribution in [3.8, 4) is 0 Å². The van der Waals surface area contributed by atoms with Gasteiger partial charge in [0.1, 0.15) is 12.3 Å². The summed E-state index contributed by atoms with van der Waals surface area (Å²) in [5.74, 6) is 1.45. The Kier molecular flexibility index (Phi) is 7.69. The molecule has 1 saturated heterocycles. The van der Waals surface area contributed by atoms with Gasteiger partial charge in [0.05, 0.1) is 12.8 Å². The zero-order valence-electron chi connectivity index (χ0n) is 17.3. The molecule has 3 rings (SSSR count). The largest absolute Gasteiger partial charge is 0.467 e. The van der Waals surface area contributed by atoms with Crippen molar-refractivity contribution in [3.63, 3.8) is 0 Å². The lowest BCUT2D eigenvalue weighted by atomic mass is 10.0. The van der Waals surface area contributed by atoms with E-state index in [4.69, 9.17) is 4.42 Å². The molecule has 7 nitrogen and oxygen atoms in total. The summed E-state index contributed by atoms with van der Waals surface area (Å²) in [7, 11) is 3.48. The number of aliphatic imine (C=N–C) groups is 1. The Labute approximate surface area is 172 Å². The fourth-order valence-electron chi connectivity index (χ4n) is 3.30. The number of amides is 1. The van der Waals surface area contributed by atoms with Gasteiger partial charge in [-0.15, -0.1) is 0 Å².